The van der Waals surface area contributed by atoms with E-state index in [-0.39, 0.29) is 6.15 Å². The second-order valence-corrected chi connectivity index (χ2v) is 3.60. The SMILES string of the molecule is CC(=O)C1(O)O[C@H](CO)[C@@H](O)[C@H](O)[C@@H]1N.N. The zero-order chi connectivity index (χ0) is 11.8. The van der Waals surface area contributed by atoms with E-state index >= 15 is 0 Å². The molecule has 1 fully saturated rings. The van der Waals surface area contributed by atoms with Crippen LogP contribution < -0.4 is 11.9 Å². The molecule has 9 N–H and O–H groups in total. The first kappa shape index (κ1) is 15.4. The number of rotatable bonds is 2. The molecule has 0 amide bonds. The van der Waals surface area contributed by atoms with Crippen LogP contribution in [0.15, 0.2) is 0 Å². The highest BCUT2D eigenvalue weighted by molar-refractivity contribution is 5.84. The van der Waals surface area contributed by atoms with E-state index in [4.69, 9.17) is 15.6 Å². The van der Waals surface area contributed by atoms with Crippen LogP contribution in [0.4, 0.5) is 0 Å². The monoisotopic (exact) mass is 238 g/mol. The third-order valence-corrected chi connectivity index (χ3v) is 2.57. The fraction of sp³-hybridized carbons (Fsp3) is 0.875. The van der Waals surface area contributed by atoms with Gasteiger partial charge in [-0.05, 0) is 0 Å². The first-order valence-electron chi connectivity index (χ1n) is 4.48. The highest BCUT2D eigenvalue weighted by Crippen LogP contribution is 2.27. The number of carbonyl (C=O) groups excluding carboxylic acids is 1. The average molecular weight is 238 g/mol. The molecule has 0 radical (unpaired) electrons. The molecule has 0 aliphatic carbocycles. The first-order valence-corrected chi connectivity index (χ1v) is 4.48. The first-order chi connectivity index (χ1) is 6.84. The number of ketones is 1. The Labute approximate surface area is 92.2 Å². The van der Waals surface area contributed by atoms with Crippen LogP contribution in [0, 0.1) is 0 Å². The van der Waals surface area contributed by atoms with Crippen molar-refractivity contribution in [2.45, 2.75) is 37.1 Å². The maximum absolute atomic E-state index is 11.1. The topological polar surface area (TPSA) is 168 Å². The minimum atomic E-state index is -2.37. The van der Waals surface area contributed by atoms with E-state index in [0.717, 1.165) is 6.92 Å². The molecule has 1 aliphatic rings. The summed E-state index contributed by atoms with van der Waals surface area (Å²) < 4.78 is 4.80. The molecule has 16 heavy (non-hydrogen) atoms. The van der Waals surface area contributed by atoms with E-state index in [1.807, 2.05) is 0 Å². The van der Waals surface area contributed by atoms with Gasteiger partial charge >= 0.3 is 0 Å². The lowest BCUT2D eigenvalue weighted by Crippen LogP contribution is -2.70. The van der Waals surface area contributed by atoms with Gasteiger partial charge in [0.1, 0.15) is 18.3 Å². The zero-order valence-corrected chi connectivity index (χ0v) is 8.91. The molecule has 1 heterocycles. The summed E-state index contributed by atoms with van der Waals surface area (Å²) in [6.07, 6.45) is -4.22. The molecule has 0 aromatic rings. The van der Waals surface area contributed by atoms with Crippen LogP contribution in [-0.4, -0.2) is 63.0 Å². The fourth-order valence-corrected chi connectivity index (χ4v) is 1.51. The summed E-state index contributed by atoms with van der Waals surface area (Å²) in [5, 5.41) is 37.4. The second kappa shape index (κ2) is 5.15. The largest absolute Gasteiger partial charge is 0.394 e. The van der Waals surface area contributed by atoms with Gasteiger partial charge in [-0.1, -0.05) is 0 Å². The number of Topliss-reactive ketones (excluding diaryl/α,β-unsaturated/α-hetero) is 1. The van der Waals surface area contributed by atoms with Crippen LogP contribution in [0.25, 0.3) is 0 Å². The minimum Gasteiger partial charge on any atom is -0.394 e. The normalized spacial score (nSPS) is 43.6. The number of nitrogens with two attached hydrogens (primary N) is 1. The van der Waals surface area contributed by atoms with Gasteiger partial charge in [-0.3, -0.25) is 4.79 Å². The molecule has 1 rings (SSSR count). The summed E-state index contributed by atoms with van der Waals surface area (Å²) in [7, 11) is 0. The molecular formula is C8H18N2O6. The van der Waals surface area contributed by atoms with Crippen LogP contribution >= 0.6 is 0 Å². The Kier molecular flexibility index (Phi) is 4.95. The molecule has 1 saturated heterocycles. The minimum absolute atomic E-state index is 0. The van der Waals surface area contributed by atoms with Crippen LogP contribution in [0.3, 0.4) is 0 Å². The van der Waals surface area contributed by atoms with Crippen molar-refractivity contribution in [3.63, 3.8) is 0 Å². The predicted octanol–water partition coefficient (Wildman–Crippen LogP) is -3.13. The number of aliphatic hydroxyl groups is 4. The molecule has 0 aromatic heterocycles. The van der Waals surface area contributed by atoms with Crippen molar-refractivity contribution in [1.29, 1.82) is 0 Å². The molecule has 8 nitrogen and oxygen atoms in total. The Morgan fingerprint density at radius 2 is 1.94 bits per heavy atom. The van der Waals surface area contributed by atoms with E-state index in [1.54, 1.807) is 0 Å². The Hall–Kier alpha value is -0.610. The number of hydrogen-bond acceptors (Lipinski definition) is 8. The molecule has 0 spiro atoms. The third-order valence-electron chi connectivity index (χ3n) is 2.57. The zero-order valence-electron chi connectivity index (χ0n) is 8.91. The van der Waals surface area contributed by atoms with E-state index in [2.05, 4.69) is 0 Å². The lowest BCUT2D eigenvalue weighted by Gasteiger charge is -2.44. The van der Waals surface area contributed by atoms with Crippen molar-refractivity contribution < 1.29 is 30.0 Å². The van der Waals surface area contributed by atoms with Crippen LogP contribution in [-0.2, 0) is 9.53 Å². The summed E-state index contributed by atoms with van der Waals surface area (Å²) >= 11 is 0. The van der Waals surface area contributed by atoms with Crippen molar-refractivity contribution in [3.8, 4) is 0 Å². The molecule has 0 saturated carbocycles. The predicted molar refractivity (Wildman–Crippen MR) is 52.6 cm³/mol. The highest BCUT2D eigenvalue weighted by atomic mass is 16.7. The number of ether oxygens (including phenoxy) is 1. The summed E-state index contributed by atoms with van der Waals surface area (Å²) in [5.41, 5.74) is 5.38. The van der Waals surface area contributed by atoms with Gasteiger partial charge < -0.3 is 37.0 Å². The third kappa shape index (κ3) is 2.23. The lowest BCUT2D eigenvalue weighted by atomic mass is 9.89. The molecule has 96 valence electrons. The standard InChI is InChI=1S/C8H15NO6.H3N/c1-3(11)8(14)7(9)6(13)5(12)4(2-10)15-8;/h4-7,10,12-14H,2,9H2,1H3;1H3/t4-,5-,6+,7+,8?;/m1./s1. The summed E-state index contributed by atoms with van der Waals surface area (Å²) in [6, 6.07) is -1.45. The number of carbonyl (C=O) groups is 1. The van der Waals surface area contributed by atoms with Gasteiger partial charge in [-0.15, -0.1) is 0 Å². The molecule has 0 bridgehead atoms. The Balaban J connectivity index is 0.00000225. The van der Waals surface area contributed by atoms with E-state index in [0.29, 0.717) is 0 Å². The summed E-state index contributed by atoms with van der Waals surface area (Å²) in [5.74, 6) is -3.16. The summed E-state index contributed by atoms with van der Waals surface area (Å²) in [4.78, 5) is 11.1. The van der Waals surface area contributed by atoms with Crippen molar-refractivity contribution in [2.75, 3.05) is 6.61 Å². The maximum atomic E-state index is 11.1. The van der Waals surface area contributed by atoms with E-state index in [1.165, 1.54) is 0 Å². The summed E-state index contributed by atoms with van der Waals surface area (Å²) in [6.45, 7) is 0.402. The van der Waals surface area contributed by atoms with Crippen LogP contribution in [0.5, 0.6) is 0 Å². The van der Waals surface area contributed by atoms with Gasteiger partial charge in [0.2, 0.25) is 5.79 Å². The Morgan fingerprint density at radius 3 is 2.31 bits per heavy atom. The Bertz CT molecular complexity index is 261. The van der Waals surface area contributed by atoms with Crippen molar-refractivity contribution in [1.82, 2.24) is 6.15 Å². The molecule has 8 heteroatoms. The quantitative estimate of drug-likeness (QED) is 0.293. The molecule has 1 unspecified atom stereocenters. The van der Waals surface area contributed by atoms with Gasteiger partial charge in [-0.25, -0.2) is 0 Å². The van der Waals surface area contributed by atoms with Gasteiger partial charge in [0.25, 0.3) is 0 Å². The van der Waals surface area contributed by atoms with Gasteiger partial charge in [-0.2, -0.15) is 0 Å². The Morgan fingerprint density at radius 1 is 1.44 bits per heavy atom. The second-order valence-electron chi connectivity index (χ2n) is 3.60. The number of hydrogen-bond donors (Lipinski definition) is 6. The van der Waals surface area contributed by atoms with Crippen LogP contribution in [0.1, 0.15) is 6.92 Å². The van der Waals surface area contributed by atoms with Crippen molar-refractivity contribution in [3.05, 3.63) is 0 Å². The van der Waals surface area contributed by atoms with E-state index in [9.17, 15) is 20.1 Å². The molecule has 5 atom stereocenters. The molecule has 0 aromatic carbocycles. The smallest absolute Gasteiger partial charge is 0.244 e. The number of aliphatic hydroxyl groups excluding tert-OH is 3. The lowest BCUT2D eigenvalue weighted by molar-refractivity contribution is -0.296. The fourth-order valence-electron chi connectivity index (χ4n) is 1.51. The van der Waals surface area contributed by atoms with Gasteiger partial charge in [0.05, 0.1) is 12.6 Å². The average Bonchev–Trinajstić information content (AvgIpc) is 2.20. The molecule has 1 aliphatic heterocycles. The van der Waals surface area contributed by atoms with E-state index < -0.39 is 42.5 Å². The maximum Gasteiger partial charge on any atom is 0.244 e. The van der Waals surface area contributed by atoms with Gasteiger partial charge in [0.15, 0.2) is 5.78 Å². The molecular weight excluding hydrogens is 220 g/mol. The van der Waals surface area contributed by atoms with Gasteiger partial charge in [0, 0.05) is 6.92 Å². The van der Waals surface area contributed by atoms with Crippen LogP contribution in [0.2, 0.25) is 0 Å². The van der Waals surface area contributed by atoms with Crippen molar-refractivity contribution >= 4 is 5.78 Å². The van der Waals surface area contributed by atoms with Crippen molar-refractivity contribution in [2.24, 2.45) is 5.73 Å². The highest BCUT2D eigenvalue weighted by Gasteiger charge is 2.54.